The number of carbonyl (C=O) groups is 1. The van der Waals surface area contributed by atoms with Crippen molar-refractivity contribution >= 4 is 19.1 Å². The minimum absolute atomic E-state index is 0.309. The predicted octanol–water partition coefficient (Wildman–Crippen LogP) is 0.0739. The highest BCUT2D eigenvalue weighted by Crippen LogP contribution is 2.19. The van der Waals surface area contributed by atoms with Crippen molar-refractivity contribution in [2.24, 2.45) is 0 Å². The van der Waals surface area contributed by atoms with Gasteiger partial charge in [0.05, 0.1) is 0 Å². The molecule has 0 amide bonds. The zero-order chi connectivity index (χ0) is 7.84. The molecule has 0 fully saturated rings. The first kappa shape index (κ1) is 6.65. The highest BCUT2D eigenvalue weighted by molar-refractivity contribution is 6.32. The number of hydrogen-bond donors (Lipinski definition) is 0. The molecule has 2 heteroatoms. The van der Waals surface area contributed by atoms with E-state index in [9.17, 15) is 4.79 Å². The van der Waals surface area contributed by atoms with Crippen LogP contribution in [0.4, 0.5) is 0 Å². The third kappa shape index (κ3) is 0.986. The van der Waals surface area contributed by atoms with Crippen molar-refractivity contribution in [1.82, 2.24) is 0 Å². The SMILES string of the molecule is Bc1ccc2c(c1)C(=O)CC2. The van der Waals surface area contributed by atoms with Crippen molar-refractivity contribution in [3.8, 4) is 0 Å². The van der Waals surface area contributed by atoms with E-state index >= 15 is 0 Å². The topological polar surface area (TPSA) is 17.1 Å². The second-order valence-corrected chi connectivity index (χ2v) is 3.08. The van der Waals surface area contributed by atoms with Crippen LogP contribution in [0.2, 0.25) is 0 Å². The maximum Gasteiger partial charge on any atom is 0.163 e. The third-order valence-electron chi connectivity index (χ3n) is 2.19. The van der Waals surface area contributed by atoms with Gasteiger partial charge < -0.3 is 0 Å². The molecule has 11 heavy (non-hydrogen) atoms. The molecule has 0 N–H and O–H groups in total. The van der Waals surface area contributed by atoms with Crippen LogP contribution in [0.15, 0.2) is 18.2 Å². The number of hydrogen-bond acceptors (Lipinski definition) is 1. The summed E-state index contributed by atoms with van der Waals surface area (Å²) in [5, 5.41) is 0. The lowest BCUT2D eigenvalue weighted by molar-refractivity contribution is 0.0994. The lowest BCUT2D eigenvalue weighted by atomic mass is 9.93. The summed E-state index contributed by atoms with van der Waals surface area (Å²) >= 11 is 0. The third-order valence-corrected chi connectivity index (χ3v) is 2.19. The molecule has 2 rings (SSSR count). The highest BCUT2D eigenvalue weighted by Gasteiger charge is 2.18. The Labute approximate surface area is 66.8 Å². The van der Waals surface area contributed by atoms with Crippen LogP contribution < -0.4 is 5.46 Å². The molecule has 54 valence electrons. The van der Waals surface area contributed by atoms with Gasteiger partial charge in [0.1, 0.15) is 7.85 Å². The lowest BCUT2D eigenvalue weighted by Gasteiger charge is -1.97. The van der Waals surface area contributed by atoms with Gasteiger partial charge in [0.2, 0.25) is 0 Å². The number of Topliss-reactive ketones (excluding diaryl/α,β-unsaturated/α-hetero) is 1. The molecule has 0 aromatic heterocycles. The van der Waals surface area contributed by atoms with Gasteiger partial charge in [-0.05, 0) is 12.0 Å². The molecule has 0 heterocycles. The molecule has 0 unspecified atom stereocenters. The van der Waals surface area contributed by atoms with Gasteiger partial charge >= 0.3 is 0 Å². The normalized spacial score (nSPS) is 15.1. The van der Waals surface area contributed by atoms with Crippen LogP contribution >= 0.6 is 0 Å². The van der Waals surface area contributed by atoms with E-state index in [1.165, 1.54) is 11.0 Å². The Morgan fingerprint density at radius 1 is 1.27 bits per heavy atom. The van der Waals surface area contributed by atoms with Crippen LogP contribution in [0.25, 0.3) is 0 Å². The Kier molecular flexibility index (Phi) is 1.35. The standard InChI is InChI=1S/C9H9BO/c10-7-3-1-6-2-4-9(11)8(6)5-7/h1,3,5H,2,4,10H2. The number of benzene rings is 1. The van der Waals surface area contributed by atoms with E-state index in [-0.39, 0.29) is 0 Å². The molecule has 1 aromatic carbocycles. The fourth-order valence-corrected chi connectivity index (χ4v) is 1.55. The first-order valence-corrected chi connectivity index (χ1v) is 3.90. The second-order valence-electron chi connectivity index (χ2n) is 3.08. The summed E-state index contributed by atoms with van der Waals surface area (Å²) < 4.78 is 0. The minimum atomic E-state index is 0.309. The fourth-order valence-electron chi connectivity index (χ4n) is 1.55. The average molecular weight is 144 g/mol. The minimum Gasteiger partial charge on any atom is -0.294 e. The van der Waals surface area contributed by atoms with Crippen LogP contribution in [0.3, 0.4) is 0 Å². The summed E-state index contributed by atoms with van der Waals surface area (Å²) in [6.45, 7) is 0. The van der Waals surface area contributed by atoms with E-state index in [1.807, 2.05) is 13.9 Å². The van der Waals surface area contributed by atoms with Crippen molar-refractivity contribution in [2.45, 2.75) is 12.8 Å². The summed E-state index contributed by atoms with van der Waals surface area (Å²) in [5.41, 5.74) is 3.35. The number of rotatable bonds is 0. The lowest BCUT2D eigenvalue weighted by Crippen LogP contribution is -2.04. The maximum atomic E-state index is 11.2. The van der Waals surface area contributed by atoms with Crippen molar-refractivity contribution < 1.29 is 4.79 Å². The van der Waals surface area contributed by atoms with E-state index in [0.29, 0.717) is 12.2 Å². The van der Waals surface area contributed by atoms with E-state index in [2.05, 4.69) is 12.1 Å². The molecule has 1 nitrogen and oxygen atoms in total. The van der Waals surface area contributed by atoms with Crippen molar-refractivity contribution in [1.29, 1.82) is 0 Å². The molecule has 1 aliphatic rings. The van der Waals surface area contributed by atoms with Crippen LogP contribution in [-0.4, -0.2) is 13.6 Å². The Bertz CT molecular complexity index is 317. The summed E-state index contributed by atoms with van der Waals surface area (Å²) in [5.74, 6) is 0.309. The molecular formula is C9H9BO. The molecule has 0 spiro atoms. The van der Waals surface area contributed by atoms with Crippen LogP contribution in [0.5, 0.6) is 0 Å². The Balaban J connectivity index is 2.60. The largest absolute Gasteiger partial charge is 0.294 e. The predicted molar refractivity (Wildman–Crippen MR) is 47.3 cm³/mol. The molecule has 0 saturated heterocycles. The molecule has 0 saturated carbocycles. The van der Waals surface area contributed by atoms with Gasteiger partial charge in [0, 0.05) is 12.0 Å². The molecule has 0 aliphatic heterocycles. The first-order chi connectivity index (χ1) is 5.27. The summed E-state index contributed by atoms with van der Waals surface area (Å²) in [4.78, 5) is 11.2. The fraction of sp³-hybridized carbons (Fsp3) is 0.222. The van der Waals surface area contributed by atoms with Crippen molar-refractivity contribution in [3.63, 3.8) is 0 Å². The summed E-state index contributed by atoms with van der Waals surface area (Å²) in [6.07, 6.45) is 1.65. The van der Waals surface area contributed by atoms with E-state index in [1.54, 1.807) is 0 Å². The van der Waals surface area contributed by atoms with Gasteiger partial charge in [-0.25, -0.2) is 0 Å². The van der Waals surface area contributed by atoms with Gasteiger partial charge in [-0.2, -0.15) is 0 Å². The molecule has 0 atom stereocenters. The van der Waals surface area contributed by atoms with Crippen LogP contribution in [0.1, 0.15) is 22.3 Å². The quantitative estimate of drug-likeness (QED) is 0.471. The zero-order valence-electron chi connectivity index (χ0n) is 6.55. The van der Waals surface area contributed by atoms with Gasteiger partial charge in [0.15, 0.2) is 5.78 Å². The van der Waals surface area contributed by atoms with Gasteiger partial charge in [0.25, 0.3) is 0 Å². The Hall–Kier alpha value is -1.05. The Morgan fingerprint density at radius 3 is 2.91 bits per heavy atom. The number of aryl methyl sites for hydroxylation is 1. The Morgan fingerprint density at radius 2 is 2.09 bits per heavy atom. The maximum absolute atomic E-state index is 11.2. The smallest absolute Gasteiger partial charge is 0.163 e. The molecule has 0 radical (unpaired) electrons. The molecule has 1 aliphatic carbocycles. The monoisotopic (exact) mass is 144 g/mol. The molecule has 0 bridgehead atoms. The van der Waals surface area contributed by atoms with Crippen LogP contribution in [-0.2, 0) is 6.42 Å². The second kappa shape index (κ2) is 2.23. The first-order valence-electron chi connectivity index (χ1n) is 3.90. The average Bonchev–Trinajstić information content (AvgIpc) is 2.33. The van der Waals surface area contributed by atoms with Gasteiger partial charge in [-0.3, -0.25) is 4.79 Å². The number of carbonyl (C=O) groups excluding carboxylic acids is 1. The van der Waals surface area contributed by atoms with Crippen molar-refractivity contribution in [2.75, 3.05) is 0 Å². The number of fused-ring (bicyclic) bond motifs is 1. The van der Waals surface area contributed by atoms with E-state index in [4.69, 9.17) is 0 Å². The summed E-state index contributed by atoms with van der Waals surface area (Å²) in [6, 6.07) is 6.12. The summed E-state index contributed by atoms with van der Waals surface area (Å²) in [7, 11) is 2.02. The molecular weight excluding hydrogens is 135 g/mol. The highest BCUT2D eigenvalue weighted by atomic mass is 16.1. The van der Waals surface area contributed by atoms with Crippen LogP contribution in [0, 0.1) is 0 Å². The van der Waals surface area contributed by atoms with Gasteiger partial charge in [-0.1, -0.05) is 23.7 Å². The number of ketones is 1. The van der Waals surface area contributed by atoms with E-state index < -0.39 is 0 Å². The van der Waals surface area contributed by atoms with E-state index in [0.717, 1.165) is 12.0 Å². The van der Waals surface area contributed by atoms with Crippen molar-refractivity contribution in [3.05, 3.63) is 29.3 Å². The van der Waals surface area contributed by atoms with Gasteiger partial charge in [-0.15, -0.1) is 0 Å². The zero-order valence-corrected chi connectivity index (χ0v) is 6.55. The molecule has 1 aromatic rings.